The molecule has 0 bridgehead atoms. The van der Waals surface area contributed by atoms with E-state index in [1.165, 1.54) is 5.56 Å². The first-order chi connectivity index (χ1) is 8.49. The second kappa shape index (κ2) is 5.07. The summed E-state index contributed by atoms with van der Waals surface area (Å²) in [5.41, 5.74) is 4.20. The van der Waals surface area contributed by atoms with E-state index in [9.17, 15) is 0 Å². The standard InChI is InChI=1S/C15H17ClN2/c1-9(2)13-11(4)17-15(18-14(13)16)12-7-5-6-10(3)8-12/h5-9H,1-4H3. The number of benzene rings is 1. The van der Waals surface area contributed by atoms with Crippen LogP contribution in [0.2, 0.25) is 5.15 Å². The Hall–Kier alpha value is -1.41. The summed E-state index contributed by atoms with van der Waals surface area (Å²) < 4.78 is 0. The summed E-state index contributed by atoms with van der Waals surface area (Å²) in [6.07, 6.45) is 0. The van der Waals surface area contributed by atoms with E-state index < -0.39 is 0 Å². The van der Waals surface area contributed by atoms with Gasteiger partial charge in [0.1, 0.15) is 5.15 Å². The number of hydrogen-bond acceptors (Lipinski definition) is 2. The van der Waals surface area contributed by atoms with Crippen LogP contribution < -0.4 is 0 Å². The summed E-state index contributed by atoms with van der Waals surface area (Å²) >= 11 is 6.27. The van der Waals surface area contributed by atoms with E-state index in [0.717, 1.165) is 16.8 Å². The summed E-state index contributed by atoms with van der Waals surface area (Å²) in [5, 5.41) is 0.564. The Morgan fingerprint density at radius 1 is 1.11 bits per heavy atom. The summed E-state index contributed by atoms with van der Waals surface area (Å²) in [4.78, 5) is 8.99. The smallest absolute Gasteiger partial charge is 0.161 e. The Labute approximate surface area is 113 Å². The molecule has 1 aromatic heterocycles. The third-order valence-corrected chi connectivity index (χ3v) is 3.23. The minimum atomic E-state index is 0.337. The molecule has 0 radical (unpaired) electrons. The van der Waals surface area contributed by atoms with Crippen molar-refractivity contribution in [2.75, 3.05) is 0 Å². The normalized spacial score (nSPS) is 11.0. The number of halogens is 1. The van der Waals surface area contributed by atoms with E-state index in [0.29, 0.717) is 16.9 Å². The molecule has 0 N–H and O–H groups in total. The molecule has 1 heterocycles. The quantitative estimate of drug-likeness (QED) is 0.741. The van der Waals surface area contributed by atoms with Crippen molar-refractivity contribution in [3.05, 3.63) is 46.2 Å². The highest BCUT2D eigenvalue weighted by molar-refractivity contribution is 6.30. The predicted octanol–water partition coefficient (Wildman–Crippen LogP) is 4.54. The molecule has 0 atom stereocenters. The first kappa shape index (κ1) is 13.0. The summed E-state index contributed by atoms with van der Waals surface area (Å²) in [6.45, 7) is 8.25. The van der Waals surface area contributed by atoms with Crippen LogP contribution in [0.15, 0.2) is 24.3 Å². The first-order valence-corrected chi connectivity index (χ1v) is 6.48. The van der Waals surface area contributed by atoms with Gasteiger partial charge in [-0.15, -0.1) is 0 Å². The Bertz CT molecular complexity index is 553. The van der Waals surface area contributed by atoms with Gasteiger partial charge in [-0.25, -0.2) is 9.97 Å². The molecule has 94 valence electrons. The molecule has 2 aromatic rings. The zero-order valence-electron chi connectivity index (χ0n) is 11.2. The SMILES string of the molecule is Cc1cccc(-c2nc(C)c(C(C)C)c(Cl)n2)c1. The maximum atomic E-state index is 6.27. The topological polar surface area (TPSA) is 25.8 Å². The molecule has 18 heavy (non-hydrogen) atoms. The Morgan fingerprint density at radius 2 is 1.83 bits per heavy atom. The fourth-order valence-corrected chi connectivity index (χ4v) is 2.55. The van der Waals surface area contributed by atoms with E-state index in [1.54, 1.807) is 0 Å². The van der Waals surface area contributed by atoms with Gasteiger partial charge in [0, 0.05) is 16.8 Å². The number of hydrogen-bond donors (Lipinski definition) is 0. The zero-order valence-corrected chi connectivity index (χ0v) is 11.9. The molecule has 0 spiro atoms. The molecule has 2 rings (SSSR count). The van der Waals surface area contributed by atoms with Gasteiger partial charge in [0.25, 0.3) is 0 Å². The Morgan fingerprint density at radius 3 is 2.39 bits per heavy atom. The molecule has 3 heteroatoms. The second-order valence-electron chi connectivity index (χ2n) is 4.86. The van der Waals surface area contributed by atoms with Crippen LogP contribution in [0, 0.1) is 13.8 Å². The second-order valence-corrected chi connectivity index (χ2v) is 5.22. The van der Waals surface area contributed by atoms with Crippen LogP contribution in [0.4, 0.5) is 0 Å². The maximum absolute atomic E-state index is 6.27. The molecule has 0 saturated carbocycles. The van der Waals surface area contributed by atoms with Crippen molar-refractivity contribution < 1.29 is 0 Å². The molecule has 1 aromatic carbocycles. The minimum Gasteiger partial charge on any atom is -0.233 e. The summed E-state index contributed by atoms with van der Waals surface area (Å²) in [7, 11) is 0. The van der Waals surface area contributed by atoms with E-state index >= 15 is 0 Å². The molecule has 0 amide bonds. The van der Waals surface area contributed by atoms with Crippen molar-refractivity contribution in [3.63, 3.8) is 0 Å². The van der Waals surface area contributed by atoms with Gasteiger partial charge < -0.3 is 0 Å². The van der Waals surface area contributed by atoms with Crippen LogP contribution in [0.1, 0.15) is 36.6 Å². The third kappa shape index (κ3) is 2.54. The van der Waals surface area contributed by atoms with Crippen molar-refractivity contribution in [2.45, 2.75) is 33.6 Å². The first-order valence-electron chi connectivity index (χ1n) is 6.10. The highest BCUT2D eigenvalue weighted by atomic mass is 35.5. The molecule has 0 aliphatic carbocycles. The lowest BCUT2D eigenvalue weighted by molar-refractivity contribution is 0.831. The maximum Gasteiger partial charge on any atom is 0.161 e. The lowest BCUT2D eigenvalue weighted by atomic mass is 10.0. The largest absolute Gasteiger partial charge is 0.233 e. The van der Waals surface area contributed by atoms with Gasteiger partial charge >= 0.3 is 0 Å². The van der Waals surface area contributed by atoms with Crippen LogP contribution in [0.5, 0.6) is 0 Å². The van der Waals surface area contributed by atoms with Crippen LogP contribution in [-0.4, -0.2) is 9.97 Å². The molecule has 2 nitrogen and oxygen atoms in total. The predicted molar refractivity (Wildman–Crippen MR) is 76.0 cm³/mol. The highest BCUT2D eigenvalue weighted by Gasteiger charge is 2.13. The third-order valence-electron chi connectivity index (χ3n) is 2.94. The van der Waals surface area contributed by atoms with Crippen molar-refractivity contribution in [1.82, 2.24) is 9.97 Å². The lowest BCUT2D eigenvalue weighted by Gasteiger charge is -2.12. The van der Waals surface area contributed by atoms with Crippen LogP contribution in [0.25, 0.3) is 11.4 Å². The Balaban J connectivity index is 2.55. The number of nitrogens with zero attached hydrogens (tertiary/aromatic N) is 2. The average molecular weight is 261 g/mol. The highest BCUT2D eigenvalue weighted by Crippen LogP contribution is 2.27. The fourth-order valence-electron chi connectivity index (χ4n) is 2.12. The molecular weight excluding hydrogens is 244 g/mol. The van der Waals surface area contributed by atoms with Crippen molar-refractivity contribution in [2.24, 2.45) is 0 Å². The molecule has 0 aliphatic heterocycles. The molecule has 0 unspecified atom stereocenters. The van der Waals surface area contributed by atoms with Crippen LogP contribution in [0.3, 0.4) is 0 Å². The van der Waals surface area contributed by atoms with E-state index in [4.69, 9.17) is 11.6 Å². The summed E-state index contributed by atoms with van der Waals surface area (Å²) in [5.74, 6) is 1.04. The zero-order chi connectivity index (χ0) is 13.3. The van der Waals surface area contributed by atoms with Gasteiger partial charge in [-0.3, -0.25) is 0 Å². The number of aryl methyl sites for hydroxylation is 2. The Kier molecular flexibility index (Phi) is 3.67. The van der Waals surface area contributed by atoms with Crippen molar-refractivity contribution >= 4 is 11.6 Å². The molecule has 0 fully saturated rings. The molecule has 0 saturated heterocycles. The van der Waals surface area contributed by atoms with Gasteiger partial charge in [-0.1, -0.05) is 49.2 Å². The minimum absolute atomic E-state index is 0.337. The van der Waals surface area contributed by atoms with E-state index in [-0.39, 0.29) is 0 Å². The fraction of sp³-hybridized carbons (Fsp3) is 0.333. The molecular formula is C15H17ClN2. The van der Waals surface area contributed by atoms with Gasteiger partial charge in [-0.05, 0) is 25.8 Å². The monoisotopic (exact) mass is 260 g/mol. The average Bonchev–Trinajstić information content (AvgIpc) is 2.27. The van der Waals surface area contributed by atoms with Crippen molar-refractivity contribution in [3.8, 4) is 11.4 Å². The van der Waals surface area contributed by atoms with Crippen molar-refractivity contribution in [1.29, 1.82) is 0 Å². The summed E-state index contributed by atoms with van der Waals surface area (Å²) in [6, 6.07) is 8.14. The molecule has 0 aliphatic rings. The number of aromatic nitrogens is 2. The van der Waals surface area contributed by atoms with E-state index in [1.807, 2.05) is 19.1 Å². The van der Waals surface area contributed by atoms with Gasteiger partial charge in [0.05, 0.1) is 0 Å². The van der Waals surface area contributed by atoms with Crippen LogP contribution in [-0.2, 0) is 0 Å². The van der Waals surface area contributed by atoms with Gasteiger partial charge in [0.15, 0.2) is 5.82 Å². The lowest BCUT2D eigenvalue weighted by Crippen LogP contribution is -2.01. The van der Waals surface area contributed by atoms with Gasteiger partial charge in [0.2, 0.25) is 0 Å². The van der Waals surface area contributed by atoms with Crippen LogP contribution >= 0.6 is 11.6 Å². The van der Waals surface area contributed by atoms with E-state index in [2.05, 4.69) is 42.9 Å². The number of rotatable bonds is 2. The van der Waals surface area contributed by atoms with Gasteiger partial charge in [-0.2, -0.15) is 0 Å².